The third-order valence-corrected chi connectivity index (χ3v) is 7.94. The Kier molecular flexibility index (Phi) is 9.16. The van der Waals surface area contributed by atoms with E-state index in [9.17, 15) is 0 Å². The SMILES string of the molecule is CC(c1nnnn1Cc1ccccc1)N1CCCN(C2CCC2)CC1.c1ccc(N2CCOCC2)cc1. The van der Waals surface area contributed by atoms with E-state index in [0.717, 1.165) is 57.8 Å². The summed E-state index contributed by atoms with van der Waals surface area (Å²) in [6, 6.07) is 22.0. The molecular formula is C29H41N7O. The summed E-state index contributed by atoms with van der Waals surface area (Å²) in [5, 5.41) is 12.5. The van der Waals surface area contributed by atoms with Crippen LogP contribution < -0.4 is 4.90 Å². The van der Waals surface area contributed by atoms with Gasteiger partial charge in [0.15, 0.2) is 5.82 Å². The van der Waals surface area contributed by atoms with E-state index < -0.39 is 0 Å². The molecule has 1 aliphatic carbocycles. The van der Waals surface area contributed by atoms with Gasteiger partial charge in [0.1, 0.15) is 0 Å². The van der Waals surface area contributed by atoms with Crippen LogP contribution in [0.25, 0.3) is 0 Å². The fourth-order valence-electron chi connectivity index (χ4n) is 5.47. The Hall–Kier alpha value is -2.81. The van der Waals surface area contributed by atoms with Crippen LogP contribution in [0.5, 0.6) is 0 Å². The number of rotatable bonds is 6. The van der Waals surface area contributed by atoms with Gasteiger partial charge in [-0.05, 0) is 60.9 Å². The van der Waals surface area contributed by atoms with Crippen LogP contribution in [0.4, 0.5) is 5.69 Å². The first-order valence-corrected chi connectivity index (χ1v) is 13.9. The molecule has 1 saturated carbocycles. The van der Waals surface area contributed by atoms with Gasteiger partial charge in [0.05, 0.1) is 25.8 Å². The molecular weight excluding hydrogens is 462 g/mol. The molecule has 0 amide bonds. The van der Waals surface area contributed by atoms with Crippen molar-refractivity contribution in [3.05, 3.63) is 72.1 Å². The molecule has 2 aromatic carbocycles. The predicted molar refractivity (Wildman–Crippen MR) is 147 cm³/mol. The van der Waals surface area contributed by atoms with E-state index in [4.69, 9.17) is 4.74 Å². The minimum atomic E-state index is 0.250. The van der Waals surface area contributed by atoms with Crippen molar-refractivity contribution in [2.45, 2.75) is 51.2 Å². The first-order valence-electron chi connectivity index (χ1n) is 13.9. The number of morpholine rings is 1. The molecule has 198 valence electrons. The summed E-state index contributed by atoms with van der Waals surface area (Å²) in [6.07, 6.45) is 5.44. The van der Waals surface area contributed by atoms with Gasteiger partial charge < -0.3 is 9.64 Å². The summed E-state index contributed by atoms with van der Waals surface area (Å²) in [5.41, 5.74) is 2.54. The number of aromatic nitrogens is 4. The summed E-state index contributed by atoms with van der Waals surface area (Å²) in [6.45, 7) is 11.4. The highest BCUT2D eigenvalue weighted by Crippen LogP contribution is 2.27. The topological polar surface area (TPSA) is 62.6 Å². The normalized spacial score (nSPS) is 20.4. The Morgan fingerprint density at radius 1 is 0.838 bits per heavy atom. The third kappa shape index (κ3) is 6.94. The summed E-state index contributed by atoms with van der Waals surface area (Å²) in [5.74, 6) is 0.973. The number of nitrogens with zero attached hydrogens (tertiary/aromatic N) is 7. The lowest BCUT2D eigenvalue weighted by atomic mass is 9.91. The van der Waals surface area contributed by atoms with Crippen LogP contribution in [-0.2, 0) is 11.3 Å². The molecule has 3 fully saturated rings. The zero-order valence-corrected chi connectivity index (χ0v) is 22.2. The molecule has 1 atom stereocenters. The summed E-state index contributed by atoms with van der Waals surface area (Å²) < 4.78 is 7.23. The van der Waals surface area contributed by atoms with Crippen molar-refractivity contribution < 1.29 is 4.74 Å². The van der Waals surface area contributed by atoms with Crippen LogP contribution in [0.15, 0.2) is 60.7 Å². The van der Waals surface area contributed by atoms with Gasteiger partial charge in [-0.3, -0.25) is 9.80 Å². The van der Waals surface area contributed by atoms with Gasteiger partial charge in [0.2, 0.25) is 0 Å². The second-order valence-electron chi connectivity index (χ2n) is 10.3. The van der Waals surface area contributed by atoms with Gasteiger partial charge in [-0.25, -0.2) is 4.68 Å². The number of tetrazole rings is 1. The van der Waals surface area contributed by atoms with Crippen molar-refractivity contribution in [1.29, 1.82) is 0 Å². The Labute approximate surface area is 221 Å². The maximum absolute atomic E-state index is 5.28. The summed E-state index contributed by atoms with van der Waals surface area (Å²) in [4.78, 5) is 7.60. The van der Waals surface area contributed by atoms with Gasteiger partial charge in [-0.1, -0.05) is 55.0 Å². The molecule has 6 rings (SSSR count). The number of para-hydroxylation sites is 1. The van der Waals surface area contributed by atoms with Crippen molar-refractivity contribution in [2.24, 2.45) is 0 Å². The van der Waals surface area contributed by atoms with Crippen molar-refractivity contribution in [3.8, 4) is 0 Å². The zero-order valence-electron chi connectivity index (χ0n) is 22.2. The third-order valence-electron chi connectivity index (χ3n) is 7.94. The smallest absolute Gasteiger partial charge is 0.168 e. The van der Waals surface area contributed by atoms with E-state index >= 15 is 0 Å². The largest absolute Gasteiger partial charge is 0.378 e. The Morgan fingerprint density at radius 3 is 2.27 bits per heavy atom. The lowest BCUT2D eigenvalue weighted by Gasteiger charge is -2.37. The molecule has 1 unspecified atom stereocenters. The Balaban J connectivity index is 0.000000195. The molecule has 2 saturated heterocycles. The van der Waals surface area contributed by atoms with Crippen LogP contribution >= 0.6 is 0 Å². The Morgan fingerprint density at radius 2 is 1.57 bits per heavy atom. The Bertz CT molecular complexity index is 1050. The van der Waals surface area contributed by atoms with Gasteiger partial charge in [0, 0.05) is 44.5 Å². The molecule has 8 nitrogen and oxygen atoms in total. The highest BCUT2D eigenvalue weighted by Gasteiger charge is 2.29. The van der Waals surface area contributed by atoms with E-state index in [1.165, 1.54) is 50.0 Å². The number of ether oxygens (including phenoxy) is 1. The van der Waals surface area contributed by atoms with Gasteiger partial charge >= 0.3 is 0 Å². The van der Waals surface area contributed by atoms with Crippen molar-refractivity contribution >= 4 is 5.69 Å². The van der Waals surface area contributed by atoms with Crippen LogP contribution in [0.1, 0.15) is 50.0 Å². The monoisotopic (exact) mass is 503 g/mol. The zero-order chi connectivity index (χ0) is 25.3. The van der Waals surface area contributed by atoms with Gasteiger partial charge in [0.25, 0.3) is 0 Å². The highest BCUT2D eigenvalue weighted by atomic mass is 16.5. The number of hydrogen-bond acceptors (Lipinski definition) is 7. The molecule has 3 aliphatic rings. The quantitative estimate of drug-likeness (QED) is 0.506. The molecule has 3 aromatic rings. The minimum absolute atomic E-state index is 0.250. The molecule has 0 radical (unpaired) electrons. The fraction of sp³-hybridized carbons (Fsp3) is 0.552. The van der Waals surface area contributed by atoms with E-state index in [2.05, 4.69) is 85.7 Å². The molecule has 0 N–H and O–H groups in total. The number of anilines is 1. The first-order chi connectivity index (χ1) is 18.3. The second kappa shape index (κ2) is 13.1. The van der Waals surface area contributed by atoms with Crippen LogP contribution in [0, 0.1) is 0 Å². The molecule has 1 aromatic heterocycles. The van der Waals surface area contributed by atoms with Crippen LogP contribution in [-0.4, -0.2) is 88.5 Å². The minimum Gasteiger partial charge on any atom is -0.378 e. The lowest BCUT2D eigenvalue weighted by molar-refractivity contribution is 0.122. The molecule has 0 spiro atoms. The molecule has 37 heavy (non-hydrogen) atoms. The van der Waals surface area contributed by atoms with E-state index in [-0.39, 0.29) is 6.04 Å². The highest BCUT2D eigenvalue weighted by molar-refractivity contribution is 5.46. The average Bonchev–Trinajstić information content (AvgIpc) is 3.25. The van der Waals surface area contributed by atoms with E-state index in [1.54, 1.807) is 0 Å². The van der Waals surface area contributed by atoms with Crippen LogP contribution in [0.3, 0.4) is 0 Å². The fourth-order valence-corrected chi connectivity index (χ4v) is 5.47. The molecule has 3 heterocycles. The van der Waals surface area contributed by atoms with Crippen molar-refractivity contribution in [2.75, 3.05) is 57.4 Å². The predicted octanol–water partition coefficient (Wildman–Crippen LogP) is 3.87. The maximum Gasteiger partial charge on any atom is 0.168 e. The average molecular weight is 504 g/mol. The standard InChI is InChI=1S/C19H28N6.C10H13NO/c1-16(23-11-6-12-24(14-13-23)18-9-5-10-18)19-20-21-22-25(19)15-17-7-3-2-4-8-17;1-2-4-10(5-3-1)11-6-8-12-9-7-11/h2-4,7-8,16,18H,5-6,9-15H2,1H3;1-5H,6-9H2. The maximum atomic E-state index is 5.28. The number of benzene rings is 2. The van der Waals surface area contributed by atoms with Gasteiger partial charge in [-0.15, -0.1) is 5.10 Å². The molecule has 0 bridgehead atoms. The van der Waals surface area contributed by atoms with Crippen molar-refractivity contribution in [3.63, 3.8) is 0 Å². The molecule has 2 aliphatic heterocycles. The summed E-state index contributed by atoms with van der Waals surface area (Å²) >= 11 is 0. The lowest BCUT2D eigenvalue weighted by Crippen LogP contribution is -2.42. The van der Waals surface area contributed by atoms with Crippen molar-refractivity contribution in [1.82, 2.24) is 30.0 Å². The van der Waals surface area contributed by atoms with Crippen LogP contribution in [0.2, 0.25) is 0 Å². The first kappa shape index (κ1) is 25.8. The second-order valence-corrected chi connectivity index (χ2v) is 10.3. The number of hydrogen-bond donors (Lipinski definition) is 0. The molecule has 8 heteroatoms. The summed E-state index contributed by atoms with van der Waals surface area (Å²) in [7, 11) is 0. The van der Waals surface area contributed by atoms with E-state index in [0.29, 0.717) is 0 Å². The van der Waals surface area contributed by atoms with Gasteiger partial charge in [-0.2, -0.15) is 0 Å². The van der Waals surface area contributed by atoms with E-state index in [1.807, 2.05) is 16.8 Å².